The van der Waals surface area contributed by atoms with E-state index in [1.54, 1.807) is 0 Å². The van der Waals surface area contributed by atoms with Gasteiger partial charge in [-0.2, -0.15) is 5.10 Å². The maximum Gasteiger partial charge on any atom is 0.0833 e. The first-order valence-corrected chi connectivity index (χ1v) is 6.18. The number of aromatic nitrogens is 2. The van der Waals surface area contributed by atoms with Crippen LogP contribution in [0.25, 0.3) is 0 Å². The molecule has 1 aliphatic heterocycles. The molecule has 0 bridgehead atoms. The second-order valence-corrected chi connectivity index (χ2v) is 5.87. The van der Waals surface area contributed by atoms with Crippen molar-refractivity contribution < 1.29 is 0 Å². The molecule has 0 spiro atoms. The van der Waals surface area contributed by atoms with Crippen molar-refractivity contribution in [3.05, 3.63) is 17.0 Å². The van der Waals surface area contributed by atoms with Crippen LogP contribution in [0.15, 0.2) is 0 Å². The topological polar surface area (TPSA) is 29.9 Å². The minimum Gasteiger partial charge on any atom is -0.309 e. The zero-order chi connectivity index (χ0) is 11.9. The van der Waals surface area contributed by atoms with Crippen LogP contribution in [0.3, 0.4) is 0 Å². The van der Waals surface area contributed by atoms with Crippen molar-refractivity contribution >= 4 is 0 Å². The Labute approximate surface area is 98.2 Å². The molecular formula is C13H23N3. The Morgan fingerprint density at radius 3 is 2.56 bits per heavy atom. The number of hydrogen-bond acceptors (Lipinski definition) is 2. The first kappa shape index (κ1) is 11.6. The van der Waals surface area contributed by atoms with Gasteiger partial charge in [-0.25, -0.2) is 0 Å². The summed E-state index contributed by atoms with van der Waals surface area (Å²) in [7, 11) is 2.04. The number of nitrogens with one attached hydrogen (secondary N) is 1. The van der Waals surface area contributed by atoms with E-state index in [4.69, 9.17) is 5.10 Å². The van der Waals surface area contributed by atoms with Gasteiger partial charge >= 0.3 is 0 Å². The average Bonchev–Trinajstić information content (AvgIpc) is 2.73. The number of rotatable bonds is 1. The molecule has 1 aromatic rings. The highest BCUT2D eigenvalue weighted by atomic mass is 15.3. The minimum atomic E-state index is 0.179. The fraction of sp³-hybridized carbons (Fsp3) is 0.769. The van der Waals surface area contributed by atoms with Crippen molar-refractivity contribution in [2.45, 2.75) is 52.0 Å². The van der Waals surface area contributed by atoms with Gasteiger partial charge in [-0.3, -0.25) is 4.68 Å². The Bertz CT molecular complexity index is 379. The first-order chi connectivity index (χ1) is 7.41. The van der Waals surface area contributed by atoms with Crippen molar-refractivity contribution in [1.29, 1.82) is 0 Å². The largest absolute Gasteiger partial charge is 0.309 e. The Morgan fingerprint density at radius 2 is 2.06 bits per heavy atom. The van der Waals surface area contributed by atoms with Crippen LogP contribution in [0.2, 0.25) is 0 Å². The Balaban J connectivity index is 2.48. The number of nitrogens with zero attached hydrogens (tertiary/aromatic N) is 2. The van der Waals surface area contributed by atoms with Gasteiger partial charge in [0.2, 0.25) is 0 Å². The van der Waals surface area contributed by atoms with Crippen LogP contribution in [-0.2, 0) is 12.5 Å². The summed E-state index contributed by atoms with van der Waals surface area (Å²) >= 11 is 0. The van der Waals surface area contributed by atoms with Gasteiger partial charge < -0.3 is 5.32 Å². The summed E-state index contributed by atoms with van der Waals surface area (Å²) in [6.45, 7) is 10.1. The van der Waals surface area contributed by atoms with Crippen LogP contribution in [-0.4, -0.2) is 16.3 Å². The predicted octanol–water partition coefficient (Wildman–Crippen LogP) is 2.45. The monoisotopic (exact) mass is 221 g/mol. The van der Waals surface area contributed by atoms with Crippen molar-refractivity contribution in [3.8, 4) is 0 Å². The Hall–Kier alpha value is -0.830. The highest BCUT2D eigenvalue weighted by Crippen LogP contribution is 2.34. The van der Waals surface area contributed by atoms with Gasteiger partial charge in [0.05, 0.1) is 11.7 Å². The molecule has 1 aromatic heterocycles. The normalized spacial score (nSPS) is 21.7. The summed E-state index contributed by atoms with van der Waals surface area (Å²) in [6.07, 6.45) is 2.49. The standard InChI is InChI=1S/C13H23N3/c1-9-11(13(2,3)4)12(15-16(9)5)10-7-6-8-14-10/h10,14H,6-8H2,1-5H3. The molecule has 3 nitrogen and oxygen atoms in total. The molecule has 1 fully saturated rings. The second kappa shape index (κ2) is 3.88. The maximum atomic E-state index is 4.71. The van der Waals surface area contributed by atoms with E-state index < -0.39 is 0 Å². The van der Waals surface area contributed by atoms with Gasteiger partial charge in [-0.15, -0.1) is 0 Å². The summed E-state index contributed by atoms with van der Waals surface area (Å²) in [4.78, 5) is 0. The van der Waals surface area contributed by atoms with Crippen molar-refractivity contribution in [2.75, 3.05) is 6.54 Å². The van der Waals surface area contributed by atoms with E-state index >= 15 is 0 Å². The van der Waals surface area contributed by atoms with Crippen LogP contribution in [0.5, 0.6) is 0 Å². The molecule has 1 aliphatic rings. The summed E-state index contributed by atoms with van der Waals surface area (Å²) in [5.74, 6) is 0. The Morgan fingerprint density at radius 1 is 1.38 bits per heavy atom. The summed E-state index contributed by atoms with van der Waals surface area (Å²) in [5, 5.41) is 8.26. The summed E-state index contributed by atoms with van der Waals surface area (Å²) < 4.78 is 2.02. The molecule has 0 amide bonds. The van der Waals surface area contributed by atoms with Crippen LogP contribution >= 0.6 is 0 Å². The van der Waals surface area contributed by atoms with E-state index in [-0.39, 0.29) is 5.41 Å². The molecule has 1 saturated heterocycles. The van der Waals surface area contributed by atoms with E-state index in [1.807, 2.05) is 11.7 Å². The fourth-order valence-electron chi connectivity index (χ4n) is 2.72. The first-order valence-electron chi connectivity index (χ1n) is 6.18. The van der Waals surface area contributed by atoms with E-state index in [9.17, 15) is 0 Å². The lowest BCUT2D eigenvalue weighted by Crippen LogP contribution is -2.20. The van der Waals surface area contributed by atoms with Crippen molar-refractivity contribution in [2.24, 2.45) is 7.05 Å². The fourth-order valence-corrected chi connectivity index (χ4v) is 2.72. The number of aryl methyl sites for hydroxylation is 1. The highest BCUT2D eigenvalue weighted by Gasteiger charge is 2.30. The van der Waals surface area contributed by atoms with Gasteiger partial charge in [-0.1, -0.05) is 20.8 Å². The van der Waals surface area contributed by atoms with Crippen LogP contribution in [0.1, 0.15) is 56.6 Å². The number of hydrogen-bond donors (Lipinski definition) is 1. The van der Waals surface area contributed by atoms with Gasteiger partial charge in [0, 0.05) is 18.3 Å². The molecular weight excluding hydrogens is 198 g/mol. The van der Waals surface area contributed by atoms with Crippen molar-refractivity contribution in [3.63, 3.8) is 0 Å². The maximum absolute atomic E-state index is 4.71. The lowest BCUT2D eigenvalue weighted by molar-refractivity contribution is 0.549. The third-order valence-electron chi connectivity index (χ3n) is 3.50. The van der Waals surface area contributed by atoms with E-state index in [2.05, 4.69) is 33.0 Å². The SMILES string of the molecule is Cc1c(C(C)(C)C)c(C2CCCN2)nn1C. The third kappa shape index (κ3) is 1.88. The van der Waals surface area contributed by atoms with Gasteiger partial charge in [0.15, 0.2) is 0 Å². The molecule has 1 atom stereocenters. The molecule has 2 rings (SSSR count). The summed E-state index contributed by atoms with van der Waals surface area (Å²) in [6, 6.07) is 0.467. The quantitative estimate of drug-likeness (QED) is 0.789. The smallest absolute Gasteiger partial charge is 0.0833 e. The van der Waals surface area contributed by atoms with Crippen molar-refractivity contribution in [1.82, 2.24) is 15.1 Å². The van der Waals surface area contributed by atoms with Gasteiger partial charge in [0.25, 0.3) is 0 Å². The minimum absolute atomic E-state index is 0.179. The van der Waals surface area contributed by atoms with Crippen LogP contribution in [0, 0.1) is 6.92 Å². The van der Waals surface area contributed by atoms with Crippen LogP contribution < -0.4 is 5.32 Å². The van der Waals surface area contributed by atoms with Crippen LogP contribution in [0.4, 0.5) is 0 Å². The molecule has 90 valence electrons. The second-order valence-electron chi connectivity index (χ2n) is 5.87. The molecule has 1 unspecified atom stereocenters. The zero-order valence-corrected chi connectivity index (χ0v) is 11.1. The molecule has 0 aliphatic carbocycles. The molecule has 0 saturated carbocycles. The predicted molar refractivity (Wildman–Crippen MR) is 66.6 cm³/mol. The lowest BCUT2D eigenvalue weighted by atomic mass is 9.83. The van der Waals surface area contributed by atoms with E-state index in [0.717, 1.165) is 6.54 Å². The molecule has 2 heterocycles. The molecule has 3 heteroatoms. The molecule has 16 heavy (non-hydrogen) atoms. The lowest BCUT2D eigenvalue weighted by Gasteiger charge is -2.22. The third-order valence-corrected chi connectivity index (χ3v) is 3.50. The molecule has 1 N–H and O–H groups in total. The summed E-state index contributed by atoms with van der Waals surface area (Å²) in [5.41, 5.74) is 4.17. The Kier molecular flexibility index (Phi) is 2.82. The highest BCUT2D eigenvalue weighted by molar-refractivity contribution is 5.34. The van der Waals surface area contributed by atoms with Gasteiger partial charge in [0.1, 0.15) is 0 Å². The molecule has 0 radical (unpaired) electrons. The van der Waals surface area contributed by atoms with Gasteiger partial charge in [-0.05, 0) is 31.7 Å². The average molecular weight is 221 g/mol. The zero-order valence-electron chi connectivity index (χ0n) is 11.1. The molecule has 0 aromatic carbocycles. The van der Waals surface area contributed by atoms with E-state index in [0.29, 0.717) is 6.04 Å². The van der Waals surface area contributed by atoms with E-state index in [1.165, 1.54) is 29.8 Å².